The first-order chi connectivity index (χ1) is 5.56. The summed E-state index contributed by atoms with van der Waals surface area (Å²) in [5.41, 5.74) is 0. The first-order valence-corrected chi connectivity index (χ1v) is 7.55. The molecule has 0 aliphatic rings. The Balaban J connectivity index is 3.53. The molecule has 0 fully saturated rings. The number of rotatable bonds is 3. The summed E-state index contributed by atoms with van der Waals surface area (Å²) >= 11 is 0. The van der Waals surface area contributed by atoms with E-state index in [4.69, 9.17) is 10.7 Å². The summed E-state index contributed by atoms with van der Waals surface area (Å²) in [6.45, 7) is 2.10. The van der Waals surface area contributed by atoms with Gasteiger partial charge in [-0.1, -0.05) is 35.5 Å². The van der Waals surface area contributed by atoms with Crippen LogP contribution in [0.25, 0.3) is 0 Å². The fourth-order valence-corrected chi connectivity index (χ4v) is 1.42. The zero-order valence-corrected chi connectivity index (χ0v) is 9.63. The van der Waals surface area contributed by atoms with Gasteiger partial charge in [0.05, 0.1) is 0 Å². The van der Waals surface area contributed by atoms with Crippen LogP contribution in [0.15, 0.2) is 12.2 Å². The highest BCUT2D eigenvalue weighted by Crippen LogP contribution is 2.45. The molecule has 0 unspecified atom stereocenters. The van der Waals surface area contributed by atoms with Crippen LogP contribution in [0.1, 0.15) is 19.8 Å². The van der Waals surface area contributed by atoms with E-state index in [1.54, 1.807) is 0 Å². The van der Waals surface area contributed by atoms with Crippen molar-refractivity contribution in [3.05, 3.63) is 12.2 Å². The highest BCUT2D eigenvalue weighted by atomic mass is 35.7. The third kappa shape index (κ3) is 9.94. The normalized spacial score (nSPS) is 12.7. The second-order valence-corrected chi connectivity index (χ2v) is 8.71. The Kier molecular flexibility index (Phi) is 6.42. The molecule has 0 aliphatic carbocycles. The molecule has 0 heterocycles. The van der Waals surface area contributed by atoms with Crippen molar-refractivity contribution in [3.8, 4) is 11.8 Å². The van der Waals surface area contributed by atoms with E-state index in [9.17, 15) is 0 Å². The van der Waals surface area contributed by atoms with Gasteiger partial charge in [-0.15, -0.1) is 0 Å². The van der Waals surface area contributed by atoms with Crippen molar-refractivity contribution in [2.24, 2.45) is 0 Å². The van der Waals surface area contributed by atoms with Crippen molar-refractivity contribution < 1.29 is 0 Å². The van der Waals surface area contributed by atoms with E-state index in [0.29, 0.717) is 0 Å². The van der Waals surface area contributed by atoms with Crippen molar-refractivity contribution in [2.45, 2.75) is 19.8 Å². The fraction of sp³-hybridized carbons (Fsp3) is 0.600. The molecule has 0 spiro atoms. The quantitative estimate of drug-likeness (QED) is 0.617. The molecule has 0 aromatic rings. The van der Waals surface area contributed by atoms with Crippen LogP contribution in [0.4, 0.5) is 0 Å². The molecular weight excluding hydrogens is 188 g/mol. The van der Waals surface area contributed by atoms with E-state index in [0.717, 1.165) is 18.6 Å². The summed E-state index contributed by atoms with van der Waals surface area (Å²) in [5, 5.41) is 0. The minimum absolute atomic E-state index is 0.871. The van der Waals surface area contributed by atoms with E-state index in [1.807, 2.05) is 6.08 Å². The molecule has 0 atom stereocenters. The van der Waals surface area contributed by atoms with Gasteiger partial charge in [0.25, 0.3) is 0 Å². The second kappa shape index (κ2) is 6.46. The lowest BCUT2D eigenvalue weighted by molar-refractivity contribution is 1.23. The molecule has 0 saturated heterocycles. The van der Waals surface area contributed by atoms with Crippen LogP contribution in [0.2, 0.25) is 0 Å². The van der Waals surface area contributed by atoms with Crippen LogP contribution < -0.4 is 0 Å². The molecule has 0 saturated carbocycles. The molecule has 0 aromatic heterocycles. The smallest absolute Gasteiger partial charge is 0.0179 e. The molecule has 12 heavy (non-hydrogen) atoms. The largest absolute Gasteiger partial charge is 0.168 e. The average molecular weight is 205 g/mol. The Bertz CT molecular complexity index is 190. The van der Waals surface area contributed by atoms with Gasteiger partial charge in [0, 0.05) is 12.2 Å². The van der Waals surface area contributed by atoms with Crippen LogP contribution >= 0.6 is 19.9 Å². The Labute approximate surface area is 82.2 Å². The van der Waals surface area contributed by atoms with Gasteiger partial charge in [0.1, 0.15) is 0 Å². The predicted octanol–water partition coefficient (Wildman–Crippen LogP) is 3.56. The van der Waals surface area contributed by atoms with Gasteiger partial charge in [-0.2, -0.15) is 9.24 Å². The fourth-order valence-electron chi connectivity index (χ4n) is 0.602. The van der Waals surface area contributed by atoms with Gasteiger partial charge in [0.15, 0.2) is 0 Å². The topological polar surface area (TPSA) is 0 Å². The summed E-state index contributed by atoms with van der Waals surface area (Å²) in [5.74, 6) is 7.09. The molecule has 2 heteroatoms. The summed E-state index contributed by atoms with van der Waals surface area (Å²) in [7, 11) is 5.20. The number of allylic oxidation sites excluding steroid dienone is 2. The van der Waals surface area contributed by atoms with Gasteiger partial charge in [0.2, 0.25) is 0 Å². The molecule has 0 aromatic carbocycles. The summed E-state index contributed by atoms with van der Waals surface area (Å²) in [4.78, 5) is 0. The molecule has 0 aliphatic heterocycles. The maximum absolute atomic E-state index is 6.07. The summed E-state index contributed by atoms with van der Waals surface area (Å²) < 4.78 is 0. The van der Waals surface area contributed by atoms with Gasteiger partial charge < -0.3 is 0 Å². The molecule has 70 valence electrons. The van der Waals surface area contributed by atoms with Crippen molar-refractivity contribution in [3.63, 3.8) is 0 Å². The molecule has 0 rings (SSSR count). The van der Waals surface area contributed by atoms with Crippen LogP contribution in [0.5, 0.6) is 0 Å². The average Bonchev–Trinajstić information content (AvgIpc) is 1.94. The lowest BCUT2D eigenvalue weighted by Gasteiger charge is -2.19. The minimum Gasteiger partial charge on any atom is -0.168 e. The molecule has 0 radical (unpaired) electrons. The first-order valence-electron chi connectivity index (χ1n) is 4.10. The number of hydrogen-bond donors (Lipinski definition) is 0. The van der Waals surface area contributed by atoms with Crippen LogP contribution in [0.3, 0.4) is 0 Å². The first kappa shape index (κ1) is 11.9. The molecule has 0 bridgehead atoms. The third-order valence-electron chi connectivity index (χ3n) is 1.25. The number of hydrogen-bond acceptors (Lipinski definition) is 0. The molecule has 0 nitrogen and oxygen atoms in total. The Morgan fingerprint density at radius 3 is 2.58 bits per heavy atom. The second-order valence-electron chi connectivity index (χ2n) is 2.99. The highest BCUT2D eigenvalue weighted by Gasteiger charge is 2.03. The van der Waals surface area contributed by atoms with E-state index in [-0.39, 0.29) is 0 Å². The summed E-state index contributed by atoms with van der Waals surface area (Å²) in [6, 6.07) is 0. The predicted molar refractivity (Wildman–Crippen MR) is 62.0 cm³/mol. The monoisotopic (exact) mass is 204 g/mol. The van der Waals surface area contributed by atoms with E-state index in [2.05, 4.69) is 37.4 Å². The Morgan fingerprint density at radius 1 is 1.42 bits per heavy atom. The SMILES string of the molecule is CC/C=C\C#CCCS(C)(C)Cl. The minimum atomic E-state index is -0.871. The maximum Gasteiger partial charge on any atom is 0.0179 e. The zero-order chi connectivity index (χ0) is 9.45. The van der Waals surface area contributed by atoms with Crippen molar-refractivity contribution in [1.29, 1.82) is 0 Å². The molecule has 0 N–H and O–H groups in total. The molecule has 0 amide bonds. The van der Waals surface area contributed by atoms with Gasteiger partial charge in [-0.25, -0.2) is 0 Å². The van der Waals surface area contributed by atoms with E-state index in [1.165, 1.54) is 0 Å². The zero-order valence-electron chi connectivity index (χ0n) is 8.06. The Hall–Kier alpha value is -0.0600. The van der Waals surface area contributed by atoms with Crippen LogP contribution in [0, 0.1) is 11.8 Å². The third-order valence-corrected chi connectivity index (χ3v) is 2.89. The lowest BCUT2D eigenvalue weighted by Crippen LogP contribution is -1.90. The summed E-state index contributed by atoms with van der Waals surface area (Å²) in [6.07, 6.45) is 10.1. The van der Waals surface area contributed by atoms with Gasteiger partial charge in [-0.3, -0.25) is 0 Å². The number of halogens is 1. The highest BCUT2D eigenvalue weighted by molar-refractivity contribution is 8.50. The Morgan fingerprint density at radius 2 is 2.08 bits per heavy atom. The van der Waals surface area contributed by atoms with Gasteiger partial charge >= 0.3 is 0 Å². The van der Waals surface area contributed by atoms with Crippen LogP contribution in [-0.4, -0.2) is 18.3 Å². The van der Waals surface area contributed by atoms with Gasteiger partial charge in [-0.05, 0) is 25.0 Å². The van der Waals surface area contributed by atoms with Crippen molar-refractivity contribution in [1.82, 2.24) is 0 Å². The van der Waals surface area contributed by atoms with Crippen molar-refractivity contribution >= 4 is 19.9 Å². The van der Waals surface area contributed by atoms with Crippen LogP contribution in [-0.2, 0) is 0 Å². The lowest BCUT2D eigenvalue weighted by atomic mass is 10.4. The standard InChI is InChI=1S/C10H17ClS/c1-4-5-6-7-8-9-10-12(2,3)11/h5-6H,4,9-10H2,1-3H3/b6-5-. The van der Waals surface area contributed by atoms with E-state index >= 15 is 0 Å². The van der Waals surface area contributed by atoms with E-state index < -0.39 is 9.24 Å². The molecular formula is C10H17ClS. The van der Waals surface area contributed by atoms with Crippen molar-refractivity contribution in [2.75, 3.05) is 18.3 Å². The maximum atomic E-state index is 6.07.